The highest BCUT2D eigenvalue weighted by Gasteiger charge is 2.48. The highest BCUT2D eigenvalue weighted by molar-refractivity contribution is 5.96. The van der Waals surface area contributed by atoms with E-state index < -0.39 is 11.7 Å². The number of aliphatic hydroxyl groups excluding tert-OH is 1. The summed E-state index contributed by atoms with van der Waals surface area (Å²) in [7, 11) is 0. The zero-order valence-electron chi connectivity index (χ0n) is 29.8. The molecule has 4 aliphatic heterocycles. The van der Waals surface area contributed by atoms with Crippen LogP contribution in [0.25, 0.3) is 0 Å². The second kappa shape index (κ2) is 15.5. The van der Waals surface area contributed by atoms with Crippen molar-refractivity contribution < 1.29 is 38.8 Å². The molecule has 0 spiro atoms. The third kappa shape index (κ3) is 8.05. The molecule has 8 rings (SSSR count). The molecule has 51 heavy (non-hydrogen) atoms. The van der Waals surface area contributed by atoms with Crippen molar-refractivity contribution in [2.45, 2.75) is 75.7 Å². The maximum Gasteiger partial charge on any atom is 0.262 e. The van der Waals surface area contributed by atoms with Gasteiger partial charge >= 0.3 is 0 Å². The smallest absolute Gasteiger partial charge is 0.262 e. The number of piperidine rings is 3. The van der Waals surface area contributed by atoms with Gasteiger partial charge in [-0.2, -0.15) is 0 Å². The molecule has 4 heterocycles. The van der Waals surface area contributed by atoms with Crippen molar-refractivity contribution in [3.8, 4) is 17.2 Å². The maximum atomic E-state index is 12.0. The van der Waals surface area contributed by atoms with Gasteiger partial charge in [-0.25, -0.2) is 0 Å². The van der Waals surface area contributed by atoms with Crippen LogP contribution in [0, 0.1) is 11.8 Å². The first kappa shape index (κ1) is 35.7. The summed E-state index contributed by atoms with van der Waals surface area (Å²) in [5.41, 5.74) is 1.91. The molecule has 10 nitrogen and oxygen atoms in total. The average Bonchev–Trinajstić information content (AvgIpc) is 3.71. The largest absolute Gasteiger partial charge is 0.508 e. The van der Waals surface area contributed by atoms with Gasteiger partial charge in [-0.15, -0.1) is 0 Å². The highest BCUT2D eigenvalue weighted by Crippen LogP contribution is 2.43. The molecule has 4 fully saturated rings. The minimum atomic E-state index is -0.945. The first-order chi connectivity index (χ1) is 24.7. The summed E-state index contributed by atoms with van der Waals surface area (Å²) in [6.07, 6.45) is 7.08. The van der Waals surface area contributed by atoms with Gasteiger partial charge in [0.1, 0.15) is 35.5 Å². The van der Waals surface area contributed by atoms with Crippen LogP contribution >= 0.6 is 0 Å². The first-order valence-corrected chi connectivity index (χ1v) is 18.9. The van der Waals surface area contributed by atoms with Crippen LogP contribution in [0.2, 0.25) is 0 Å². The Hall–Kier alpha value is -3.67. The van der Waals surface area contributed by atoms with E-state index in [1.807, 2.05) is 49.4 Å². The molecule has 4 atom stereocenters. The number of benzene rings is 3. The molecular weight excluding hydrogens is 646 g/mol. The number of ether oxygens (including phenoxy) is 3. The van der Waals surface area contributed by atoms with E-state index in [-0.39, 0.29) is 42.9 Å². The van der Waals surface area contributed by atoms with Gasteiger partial charge in [0.2, 0.25) is 0 Å². The molecule has 10 heteroatoms. The lowest BCUT2D eigenvalue weighted by molar-refractivity contribution is -0.946. The monoisotopic (exact) mass is 700 g/mol. The number of phenolic OH excluding ortho intramolecular Hbond substituents is 1. The summed E-state index contributed by atoms with van der Waals surface area (Å²) in [5, 5.41) is 39.1. The number of aromatic hydroxyl groups is 1. The van der Waals surface area contributed by atoms with Gasteiger partial charge in [0.05, 0.1) is 44.6 Å². The molecule has 3 aromatic rings. The van der Waals surface area contributed by atoms with Gasteiger partial charge in [-0.05, 0) is 55.0 Å². The Morgan fingerprint density at radius 1 is 1.04 bits per heavy atom. The Kier molecular flexibility index (Phi) is 10.9. The number of nitrogens with one attached hydrogen (secondary N) is 2. The molecule has 3 saturated heterocycles. The Bertz CT molecular complexity index is 1620. The molecule has 0 radical (unpaired) electrons. The van der Waals surface area contributed by atoms with E-state index >= 15 is 0 Å². The summed E-state index contributed by atoms with van der Waals surface area (Å²) in [6.45, 7) is 7.64. The van der Waals surface area contributed by atoms with Crippen LogP contribution in [0.15, 0.2) is 66.7 Å². The van der Waals surface area contributed by atoms with Crippen LogP contribution in [0.4, 0.5) is 5.69 Å². The summed E-state index contributed by atoms with van der Waals surface area (Å²) in [6, 6.07) is 21.1. The number of nitrogens with zero attached hydrogens (tertiary/aromatic N) is 1. The number of phenols is 1. The predicted molar refractivity (Wildman–Crippen MR) is 195 cm³/mol. The van der Waals surface area contributed by atoms with E-state index in [9.17, 15) is 20.1 Å². The molecule has 1 aliphatic carbocycles. The number of anilines is 1. The highest BCUT2D eigenvalue weighted by atomic mass is 16.5. The molecule has 3 aromatic carbocycles. The number of amides is 1. The summed E-state index contributed by atoms with van der Waals surface area (Å²) >= 11 is 0. The van der Waals surface area contributed by atoms with E-state index in [0.717, 1.165) is 53.7 Å². The normalized spacial score (nSPS) is 25.4. The van der Waals surface area contributed by atoms with Gasteiger partial charge in [0.15, 0.2) is 6.61 Å². The minimum Gasteiger partial charge on any atom is -0.508 e. The van der Waals surface area contributed by atoms with Crippen molar-refractivity contribution in [1.82, 2.24) is 5.32 Å². The average molecular weight is 701 g/mol. The quantitative estimate of drug-likeness (QED) is 0.103. The van der Waals surface area contributed by atoms with Crippen molar-refractivity contribution in [2.75, 3.05) is 57.9 Å². The van der Waals surface area contributed by atoms with Gasteiger partial charge in [0.25, 0.3) is 5.91 Å². The van der Waals surface area contributed by atoms with Gasteiger partial charge in [0, 0.05) is 49.4 Å². The summed E-state index contributed by atoms with van der Waals surface area (Å²) in [5.74, 6) is 1.70. The lowest BCUT2D eigenvalue weighted by Crippen LogP contribution is -2.65. The zero-order chi connectivity index (χ0) is 35.4. The minimum absolute atomic E-state index is 0.0442. The number of quaternary nitrogens is 1. The topological polar surface area (TPSA) is 130 Å². The molecule has 1 saturated carbocycles. The number of rotatable bonds is 15. The molecule has 2 bridgehead atoms. The summed E-state index contributed by atoms with van der Waals surface area (Å²) < 4.78 is 19.5. The van der Waals surface area contributed by atoms with Gasteiger partial charge < -0.3 is 44.6 Å². The van der Waals surface area contributed by atoms with E-state index in [1.54, 1.807) is 0 Å². The van der Waals surface area contributed by atoms with Crippen LogP contribution in [0.1, 0.15) is 80.7 Å². The van der Waals surface area contributed by atoms with Gasteiger partial charge in [-0.1, -0.05) is 55.3 Å². The SMILES string of the molecule is C[C@H](NC[C@H](O)c1cc(O)cc2c1OCC(=O)N2)c1ccc(OCCC[N+]23CCC(CC2)[C@@H](OCC(O)(c2ccccc2)C2CCCC2)C3)cc1. The van der Waals surface area contributed by atoms with E-state index in [2.05, 4.69) is 22.8 Å². The van der Waals surface area contributed by atoms with Crippen LogP contribution in [-0.4, -0.2) is 84.4 Å². The molecule has 1 unspecified atom stereocenters. The second-order valence-electron chi connectivity index (χ2n) is 15.3. The first-order valence-electron chi connectivity index (χ1n) is 18.9. The Balaban J connectivity index is 0.868. The van der Waals surface area contributed by atoms with Crippen molar-refractivity contribution in [1.29, 1.82) is 0 Å². The molecule has 274 valence electrons. The third-order valence-electron chi connectivity index (χ3n) is 12.0. The number of carbonyl (C=O) groups is 1. The Labute approximate surface area is 301 Å². The lowest BCUT2D eigenvalue weighted by Gasteiger charge is -2.53. The van der Waals surface area contributed by atoms with Crippen molar-refractivity contribution in [3.05, 3.63) is 83.4 Å². The molecule has 0 aromatic heterocycles. The van der Waals surface area contributed by atoms with E-state index in [1.165, 1.54) is 50.9 Å². The lowest BCUT2D eigenvalue weighted by atomic mass is 9.80. The zero-order valence-corrected chi connectivity index (χ0v) is 29.8. The number of aliphatic hydroxyl groups is 2. The molecular formula is C41H54N3O7+. The van der Waals surface area contributed by atoms with Crippen LogP contribution in [0.3, 0.4) is 0 Å². The van der Waals surface area contributed by atoms with Crippen molar-refractivity contribution in [2.24, 2.45) is 11.8 Å². The third-order valence-corrected chi connectivity index (χ3v) is 12.0. The fourth-order valence-corrected chi connectivity index (χ4v) is 8.95. The Morgan fingerprint density at radius 3 is 2.53 bits per heavy atom. The maximum absolute atomic E-state index is 12.0. The predicted octanol–water partition coefficient (Wildman–Crippen LogP) is 5.58. The van der Waals surface area contributed by atoms with Crippen LogP contribution < -0.4 is 20.1 Å². The van der Waals surface area contributed by atoms with E-state index in [4.69, 9.17) is 14.2 Å². The molecule has 1 amide bonds. The van der Waals surface area contributed by atoms with E-state index in [0.29, 0.717) is 36.1 Å². The molecule has 5 N–H and O–H groups in total. The second-order valence-corrected chi connectivity index (χ2v) is 15.3. The Morgan fingerprint density at radius 2 is 1.78 bits per heavy atom. The molecule has 5 aliphatic rings. The fourth-order valence-electron chi connectivity index (χ4n) is 8.95. The van der Waals surface area contributed by atoms with Crippen molar-refractivity contribution in [3.63, 3.8) is 0 Å². The number of fused-ring (bicyclic) bond motifs is 4. The number of carbonyl (C=O) groups excluding carboxylic acids is 1. The standard InChI is InChI=1S/C41H53N3O7/c1-28(42-24-37(46)35-22-33(45)23-36-40(35)50-26-39(47)43-36)29-12-14-34(15-13-29)49-21-7-18-44-19-16-30(17-20-44)38(25-44)51-27-41(48,32-10-5-6-11-32)31-8-3-2-4-9-31/h2-4,8-9,12-15,22-23,28,30,32,37-38,42,46,48H,5-7,10-11,16-21,24-27H2,1H3,(H-,43,45,47)/p+1/t28-,30?,37-,38-,41?,44?/m0/s1. The fraction of sp³-hybridized carbons (Fsp3) is 0.537. The number of hydrogen-bond donors (Lipinski definition) is 5. The van der Waals surface area contributed by atoms with Crippen LogP contribution in [0.5, 0.6) is 17.2 Å². The summed E-state index contributed by atoms with van der Waals surface area (Å²) in [4.78, 5) is 11.7. The number of hydrogen-bond acceptors (Lipinski definition) is 8. The van der Waals surface area contributed by atoms with Crippen molar-refractivity contribution >= 4 is 11.6 Å². The van der Waals surface area contributed by atoms with Gasteiger partial charge in [-0.3, -0.25) is 4.79 Å². The van der Waals surface area contributed by atoms with Crippen LogP contribution in [-0.2, 0) is 15.1 Å².